The van der Waals surface area contributed by atoms with Crippen LogP contribution in [0.25, 0.3) is 0 Å². The Bertz CT molecular complexity index is 1610. The Morgan fingerprint density at radius 2 is 1.35 bits per heavy atom. The van der Waals surface area contributed by atoms with Gasteiger partial charge in [0.1, 0.15) is 31.2 Å². The van der Waals surface area contributed by atoms with Gasteiger partial charge >= 0.3 is 0 Å². The Kier molecular flexibility index (Phi) is 11.4. The molecule has 0 bridgehead atoms. The van der Waals surface area contributed by atoms with Crippen LogP contribution in [0, 0.1) is 5.82 Å². The van der Waals surface area contributed by atoms with E-state index in [1.165, 1.54) is 31.4 Å². The van der Waals surface area contributed by atoms with Gasteiger partial charge in [-0.15, -0.1) is 0 Å². The summed E-state index contributed by atoms with van der Waals surface area (Å²) < 4.78 is 39.1. The van der Waals surface area contributed by atoms with Crippen LogP contribution in [-0.4, -0.2) is 49.3 Å². The first-order valence-corrected chi connectivity index (χ1v) is 17.5. The van der Waals surface area contributed by atoms with E-state index in [1.54, 1.807) is 6.07 Å². The van der Waals surface area contributed by atoms with Crippen molar-refractivity contribution < 1.29 is 23.3 Å². The molecule has 0 aromatic heterocycles. The van der Waals surface area contributed by atoms with Crippen molar-refractivity contribution in [2.75, 3.05) is 26.2 Å². The maximum atomic E-state index is 13.3. The predicted octanol–water partition coefficient (Wildman–Crippen LogP) is 8.81. The van der Waals surface area contributed by atoms with Crippen molar-refractivity contribution in [1.29, 1.82) is 0 Å². The second kappa shape index (κ2) is 15.8. The smallest absolute Gasteiger partial charge is 0.162 e. The van der Waals surface area contributed by atoms with Gasteiger partial charge in [0.05, 0.1) is 0 Å². The predicted molar refractivity (Wildman–Crippen MR) is 186 cm³/mol. The average Bonchev–Trinajstić information content (AvgIpc) is 2.96. The van der Waals surface area contributed by atoms with Gasteiger partial charge in [-0.2, -0.15) is 0 Å². The van der Waals surface area contributed by atoms with Gasteiger partial charge in [-0.3, -0.25) is 4.90 Å². The monoisotopic (exact) mass is 772 g/mol. The molecule has 4 aromatic rings. The van der Waals surface area contributed by atoms with Crippen LogP contribution in [0.15, 0.2) is 93.9 Å². The number of nitrogens with zero attached hydrogens (tertiary/aromatic N) is 1. The molecule has 3 fully saturated rings. The van der Waals surface area contributed by atoms with Crippen molar-refractivity contribution in [2.45, 2.75) is 50.7 Å². The van der Waals surface area contributed by atoms with E-state index >= 15 is 0 Å². The van der Waals surface area contributed by atoms with Gasteiger partial charge in [0.15, 0.2) is 23.0 Å². The molecule has 4 aromatic carbocycles. The minimum Gasteiger partial charge on any atom is -0.485 e. The summed E-state index contributed by atoms with van der Waals surface area (Å²) in [6.07, 6.45) is 4.44. The fraction of sp³-hybridized carbons (Fsp3) is 0.333. The van der Waals surface area contributed by atoms with E-state index in [0.29, 0.717) is 24.0 Å². The molecule has 7 rings (SSSR count). The molecule has 10 heteroatoms. The lowest BCUT2D eigenvalue weighted by Crippen LogP contribution is -2.59. The molecule has 2 heterocycles. The van der Waals surface area contributed by atoms with Crippen molar-refractivity contribution >= 4 is 43.5 Å². The van der Waals surface area contributed by atoms with Gasteiger partial charge in [-0.05, 0) is 84.6 Å². The Labute approximate surface area is 291 Å². The van der Waals surface area contributed by atoms with E-state index in [0.717, 1.165) is 69.5 Å². The zero-order valence-corrected chi connectivity index (χ0v) is 29.2. The van der Waals surface area contributed by atoms with Crippen LogP contribution in [0.3, 0.4) is 0 Å². The molecule has 0 amide bonds. The summed E-state index contributed by atoms with van der Waals surface area (Å²) in [5.41, 5.74) is 1.83. The number of hydrogen-bond donors (Lipinski definition) is 1. The number of benzene rings is 4. The van der Waals surface area contributed by atoms with Crippen LogP contribution in [0.4, 0.5) is 4.39 Å². The molecule has 0 radical (unpaired) electrons. The first kappa shape index (κ1) is 33.1. The van der Waals surface area contributed by atoms with E-state index in [2.05, 4.69) is 42.1 Å². The highest BCUT2D eigenvalue weighted by Crippen LogP contribution is 2.36. The third-order valence-corrected chi connectivity index (χ3v) is 9.40. The SMILES string of the molecule is Clc1cccc(COc2cc(Br)ccc2OC2CNC2)c1.Fc1cccc(COc2ccc(Br)cc2OC2CN(C3CCC3)C2)c1. The zero-order valence-electron chi connectivity index (χ0n) is 25.3. The normalized spacial score (nSPS) is 16.7. The molecule has 1 N–H and O–H groups in total. The van der Waals surface area contributed by atoms with Gasteiger partial charge in [0.2, 0.25) is 0 Å². The van der Waals surface area contributed by atoms with Gasteiger partial charge < -0.3 is 24.3 Å². The van der Waals surface area contributed by atoms with Gasteiger partial charge in [0.25, 0.3) is 0 Å². The molecule has 0 atom stereocenters. The fourth-order valence-corrected chi connectivity index (χ4v) is 6.15. The minimum absolute atomic E-state index is 0.214. The van der Waals surface area contributed by atoms with E-state index in [-0.39, 0.29) is 18.0 Å². The summed E-state index contributed by atoms with van der Waals surface area (Å²) >= 11 is 12.9. The van der Waals surface area contributed by atoms with Crippen molar-refractivity contribution in [1.82, 2.24) is 10.2 Å². The second-order valence-electron chi connectivity index (χ2n) is 11.7. The number of likely N-dealkylation sites (tertiary alicyclic amines) is 1. The second-order valence-corrected chi connectivity index (χ2v) is 14.0. The van der Waals surface area contributed by atoms with E-state index in [1.807, 2.05) is 66.7 Å². The maximum absolute atomic E-state index is 13.3. The third kappa shape index (κ3) is 9.16. The van der Waals surface area contributed by atoms with Crippen LogP contribution in [-0.2, 0) is 13.2 Å². The molecule has 2 saturated heterocycles. The molecule has 2 aliphatic heterocycles. The van der Waals surface area contributed by atoms with E-state index < -0.39 is 0 Å². The topological polar surface area (TPSA) is 52.2 Å². The average molecular weight is 775 g/mol. The summed E-state index contributed by atoms with van der Waals surface area (Å²) in [6.45, 7) is 4.50. The van der Waals surface area contributed by atoms with Gasteiger partial charge in [-0.25, -0.2) is 4.39 Å². The molecular formula is C36H36Br2ClFN2O4. The first-order valence-electron chi connectivity index (χ1n) is 15.5. The summed E-state index contributed by atoms with van der Waals surface area (Å²) in [4.78, 5) is 2.50. The fourth-order valence-electron chi connectivity index (χ4n) is 5.26. The van der Waals surface area contributed by atoms with Crippen LogP contribution in [0.5, 0.6) is 23.0 Å². The van der Waals surface area contributed by atoms with Crippen LogP contribution in [0.1, 0.15) is 30.4 Å². The van der Waals surface area contributed by atoms with Crippen molar-refractivity contribution in [2.24, 2.45) is 0 Å². The van der Waals surface area contributed by atoms with Crippen molar-refractivity contribution in [3.8, 4) is 23.0 Å². The summed E-state index contributed by atoms with van der Waals surface area (Å²) in [6, 6.07) is 26.4. The number of hydrogen-bond acceptors (Lipinski definition) is 6. The molecule has 0 unspecified atom stereocenters. The molecule has 3 aliphatic rings. The molecule has 46 heavy (non-hydrogen) atoms. The van der Waals surface area contributed by atoms with Crippen molar-refractivity contribution in [3.63, 3.8) is 0 Å². The van der Waals surface area contributed by atoms with E-state index in [9.17, 15) is 4.39 Å². The zero-order chi connectivity index (χ0) is 31.9. The summed E-state index contributed by atoms with van der Waals surface area (Å²) in [5.74, 6) is 2.68. The lowest BCUT2D eigenvalue weighted by Gasteiger charge is -2.47. The highest BCUT2D eigenvalue weighted by atomic mass is 79.9. The van der Waals surface area contributed by atoms with Gasteiger partial charge in [-0.1, -0.05) is 74.1 Å². The highest BCUT2D eigenvalue weighted by Gasteiger charge is 2.36. The first-order chi connectivity index (χ1) is 22.4. The van der Waals surface area contributed by atoms with Crippen LogP contribution in [0.2, 0.25) is 5.02 Å². The van der Waals surface area contributed by atoms with E-state index in [4.69, 9.17) is 30.5 Å². The standard InChI is InChI=1S/C20H21BrFNO2.C16H15BrClNO2/c21-15-7-8-19(24-13-14-3-1-4-16(22)9-14)20(10-15)25-18-11-23(12-18)17-5-2-6-17;17-12-4-5-15(21-14-8-19-9-14)16(7-12)20-10-11-2-1-3-13(18)6-11/h1,3-4,7-10,17-18H,2,5-6,11-13H2;1-7,14,19H,8-10H2. The third-order valence-electron chi connectivity index (χ3n) is 8.18. The quantitative estimate of drug-likeness (QED) is 0.165. The Hall–Kier alpha value is -2.82. The lowest BCUT2D eigenvalue weighted by atomic mass is 9.89. The van der Waals surface area contributed by atoms with Gasteiger partial charge in [0, 0.05) is 46.2 Å². The number of ether oxygens (including phenoxy) is 4. The Morgan fingerprint density at radius 3 is 1.98 bits per heavy atom. The molecule has 0 spiro atoms. The number of rotatable bonds is 11. The number of nitrogens with one attached hydrogen (secondary N) is 1. The van der Waals surface area contributed by atoms with Crippen LogP contribution >= 0.6 is 43.5 Å². The Balaban J connectivity index is 0.000000164. The summed E-state index contributed by atoms with van der Waals surface area (Å²) in [5, 5.41) is 3.90. The molecular weight excluding hydrogens is 739 g/mol. The highest BCUT2D eigenvalue weighted by molar-refractivity contribution is 9.10. The van der Waals surface area contributed by atoms with Crippen LogP contribution < -0.4 is 24.3 Å². The lowest BCUT2D eigenvalue weighted by molar-refractivity contribution is -0.0319. The summed E-state index contributed by atoms with van der Waals surface area (Å²) in [7, 11) is 0. The minimum atomic E-state index is -0.251. The Morgan fingerprint density at radius 1 is 0.717 bits per heavy atom. The number of halogens is 4. The molecule has 1 saturated carbocycles. The maximum Gasteiger partial charge on any atom is 0.162 e. The molecule has 6 nitrogen and oxygen atoms in total. The largest absolute Gasteiger partial charge is 0.485 e. The molecule has 1 aliphatic carbocycles. The molecule has 242 valence electrons. The van der Waals surface area contributed by atoms with Crippen molar-refractivity contribution in [3.05, 3.63) is 116 Å².